The molecule has 0 aliphatic rings. The minimum absolute atomic E-state index is 0.239. The Bertz CT molecular complexity index is 312. The molecule has 1 rings (SSSR count). The summed E-state index contributed by atoms with van der Waals surface area (Å²) in [4.78, 5) is 11.2. The van der Waals surface area contributed by atoms with E-state index in [4.69, 9.17) is 5.11 Å². The van der Waals surface area contributed by atoms with Crippen LogP contribution in [-0.2, 0) is 6.42 Å². The van der Waals surface area contributed by atoms with E-state index in [1.165, 1.54) is 5.56 Å². The lowest BCUT2D eigenvalue weighted by molar-refractivity contribution is 0.187. The SMILES string of the molecule is CC(O)CNC(=O)NCCc1ccccc1. The maximum atomic E-state index is 11.2. The summed E-state index contributed by atoms with van der Waals surface area (Å²) in [5.74, 6) is 0. The molecule has 4 nitrogen and oxygen atoms in total. The molecule has 0 aliphatic heterocycles. The largest absolute Gasteiger partial charge is 0.392 e. The van der Waals surface area contributed by atoms with Crippen molar-refractivity contribution in [3.05, 3.63) is 35.9 Å². The number of amides is 2. The zero-order chi connectivity index (χ0) is 11.8. The summed E-state index contributed by atoms with van der Waals surface area (Å²) in [5, 5.41) is 14.3. The van der Waals surface area contributed by atoms with Crippen molar-refractivity contribution < 1.29 is 9.90 Å². The second-order valence-electron chi connectivity index (χ2n) is 3.72. The normalized spacial score (nSPS) is 11.9. The number of hydrogen-bond donors (Lipinski definition) is 3. The van der Waals surface area contributed by atoms with Crippen LogP contribution in [0.2, 0.25) is 0 Å². The highest BCUT2D eigenvalue weighted by Crippen LogP contribution is 1.97. The number of urea groups is 1. The van der Waals surface area contributed by atoms with Gasteiger partial charge in [0.15, 0.2) is 0 Å². The molecule has 0 aliphatic carbocycles. The lowest BCUT2D eigenvalue weighted by Gasteiger charge is -2.08. The molecule has 1 aromatic rings. The Morgan fingerprint density at radius 1 is 1.31 bits per heavy atom. The third-order valence-electron chi connectivity index (χ3n) is 2.10. The van der Waals surface area contributed by atoms with E-state index in [0.717, 1.165) is 6.42 Å². The quantitative estimate of drug-likeness (QED) is 0.693. The average Bonchev–Trinajstić information content (AvgIpc) is 2.28. The number of aliphatic hydroxyl groups excluding tert-OH is 1. The first-order valence-corrected chi connectivity index (χ1v) is 5.42. The standard InChI is InChI=1S/C12H18N2O2/c1-10(15)9-14-12(16)13-8-7-11-5-3-2-4-6-11/h2-6,10,15H,7-9H2,1H3,(H2,13,14,16). The first-order valence-electron chi connectivity index (χ1n) is 5.42. The van der Waals surface area contributed by atoms with E-state index in [9.17, 15) is 4.79 Å². The minimum atomic E-state index is -0.514. The van der Waals surface area contributed by atoms with Crippen LogP contribution in [0.5, 0.6) is 0 Å². The molecular weight excluding hydrogens is 204 g/mol. The average molecular weight is 222 g/mol. The van der Waals surface area contributed by atoms with Crippen molar-refractivity contribution in [1.82, 2.24) is 10.6 Å². The van der Waals surface area contributed by atoms with E-state index < -0.39 is 6.10 Å². The number of carbonyl (C=O) groups is 1. The second kappa shape index (κ2) is 6.85. The van der Waals surface area contributed by atoms with Gasteiger partial charge in [0.1, 0.15) is 0 Å². The lowest BCUT2D eigenvalue weighted by atomic mass is 10.1. The fraction of sp³-hybridized carbons (Fsp3) is 0.417. The third kappa shape index (κ3) is 5.36. The Labute approximate surface area is 95.7 Å². The topological polar surface area (TPSA) is 61.4 Å². The van der Waals surface area contributed by atoms with Gasteiger partial charge in [0.2, 0.25) is 0 Å². The van der Waals surface area contributed by atoms with Crippen LogP contribution in [-0.4, -0.2) is 30.3 Å². The Morgan fingerprint density at radius 3 is 2.62 bits per heavy atom. The molecule has 0 spiro atoms. The van der Waals surface area contributed by atoms with E-state index in [-0.39, 0.29) is 12.6 Å². The van der Waals surface area contributed by atoms with Crippen molar-refractivity contribution >= 4 is 6.03 Å². The van der Waals surface area contributed by atoms with E-state index in [1.54, 1.807) is 6.92 Å². The first-order chi connectivity index (χ1) is 7.68. The van der Waals surface area contributed by atoms with Crippen LogP contribution in [0, 0.1) is 0 Å². The lowest BCUT2D eigenvalue weighted by Crippen LogP contribution is -2.39. The molecule has 1 atom stereocenters. The summed E-state index contributed by atoms with van der Waals surface area (Å²) in [6.45, 7) is 2.50. The molecule has 2 amide bonds. The molecule has 1 aromatic carbocycles. The summed E-state index contributed by atoms with van der Waals surface area (Å²) in [5.41, 5.74) is 1.19. The number of aliphatic hydroxyl groups is 1. The molecule has 0 saturated heterocycles. The van der Waals surface area contributed by atoms with Crippen LogP contribution in [0.4, 0.5) is 4.79 Å². The van der Waals surface area contributed by atoms with Gasteiger partial charge >= 0.3 is 6.03 Å². The molecule has 0 heterocycles. The van der Waals surface area contributed by atoms with Gasteiger partial charge in [0.05, 0.1) is 6.10 Å². The number of benzene rings is 1. The summed E-state index contributed by atoms with van der Waals surface area (Å²) in [6.07, 6.45) is 0.294. The molecule has 0 saturated carbocycles. The molecule has 88 valence electrons. The maximum Gasteiger partial charge on any atom is 0.314 e. The molecule has 1 unspecified atom stereocenters. The monoisotopic (exact) mass is 222 g/mol. The van der Waals surface area contributed by atoms with Gasteiger partial charge in [-0.2, -0.15) is 0 Å². The van der Waals surface area contributed by atoms with Gasteiger partial charge < -0.3 is 15.7 Å². The van der Waals surface area contributed by atoms with Crippen LogP contribution in [0.3, 0.4) is 0 Å². The van der Waals surface area contributed by atoms with Gasteiger partial charge in [-0.25, -0.2) is 4.79 Å². The highest BCUT2D eigenvalue weighted by atomic mass is 16.3. The van der Waals surface area contributed by atoms with Gasteiger partial charge in [0, 0.05) is 13.1 Å². The van der Waals surface area contributed by atoms with Crippen LogP contribution < -0.4 is 10.6 Å². The van der Waals surface area contributed by atoms with Crippen molar-refractivity contribution in [2.45, 2.75) is 19.4 Å². The maximum absolute atomic E-state index is 11.2. The van der Waals surface area contributed by atoms with Gasteiger partial charge in [-0.15, -0.1) is 0 Å². The number of hydrogen-bond acceptors (Lipinski definition) is 2. The summed E-state index contributed by atoms with van der Waals surface area (Å²) in [7, 11) is 0. The molecule has 0 radical (unpaired) electrons. The molecule has 0 bridgehead atoms. The molecule has 3 N–H and O–H groups in total. The van der Waals surface area contributed by atoms with Gasteiger partial charge in [-0.05, 0) is 18.9 Å². The van der Waals surface area contributed by atoms with Crippen LogP contribution in [0.25, 0.3) is 0 Å². The van der Waals surface area contributed by atoms with Crippen molar-refractivity contribution in [3.63, 3.8) is 0 Å². The number of rotatable bonds is 5. The van der Waals surface area contributed by atoms with Gasteiger partial charge in [0.25, 0.3) is 0 Å². The van der Waals surface area contributed by atoms with Crippen molar-refractivity contribution in [2.75, 3.05) is 13.1 Å². The Balaban J connectivity index is 2.13. The molecule has 0 fully saturated rings. The highest BCUT2D eigenvalue weighted by molar-refractivity contribution is 5.73. The number of carbonyl (C=O) groups excluding carboxylic acids is 1. The summed E-state index contributed by atoms with van der Waals surface area (Å²) in [6, 6.07) is 9.72. The zero-order valence-corrected chi connectivity index (χ0v) is 9.44. The fourth-order valence-corrected chi connectivity index (χ4v) is 1.27. The zero-order valence-electron chi connectivity index (χ0n) is 9.44. The smallest absolute Gasteiger partial charge is 0.314 e. The Hall–Kier alpha value is -1.55. The Morgan fingerprint density at radius 2 is 2.00 bits per heavy atom. The fourth-order valence-electron chi connectivity index (χ4n) is 1.27. The first kappa shape index (κ1) is 12.5. The summed E-state index contributed by atoms with van der Waals surface area (Å²) >= 11 is 0. The number of nitrogens with one attached hydrogen (secondary N) is 2. The van der Waals surface area contributed by atoms with Gasteiger partial charge in [-0.3, -0.25) is 0 Å². The Kier molecular flexibility index (Phi) is 5.36. The van der Waals surface area contributed by atoms with Crippen LogP contribution >= 0.6 is 0 Å². The van der Waals surface area contributed by atoms with Gasteiger partial charge in [-0.1, -0.05) is 30.3 Å². The third-order valence-corrected chi connectivity index (χ3v) is 2.10. The minimum Gasteiger partial charge on any atom is -0.392 e. The van der Waals surface area contributed by atoms with E-state index in [0.29, 0.717) is 6.54 Å². The van der Waals surface area contributed by atoms with Crippen molar-refractivity contribution in [1.29, 1.82) is 0 Å². The van der Waals surface area contributed by atoms with E-state index in [1.807, 2.05) is 30.3 Å². The van der Waals surface area contributed by atoms with Crippen LogP contribution in [0.15, 0.2) is 30.3 Å². The molecule has 0 aromatic heterocycles. The van der Waals surface area contributed by atoms with Crippen molar-refractivity contribution in [3.8, 4) is 0 Å². The molecular formula is C12H18N2O2. The molecule has 4 heteroatoms. The molecule has 16 heavy (non-hydrogen) atoms. The predicted molar refractivity (Wildman–Crippen MR) is 63.2 cm³/mol. The highest BCUT2D eigenvalue weighted by Gasteiger charge is 2.01. The predicted octanol–water partition coefficient (Wildman–Crippen LogP) is 0.909. The van der Waals surface area contributed by atoms with Crippen molar-refractivity contribution in [2.24, 2.45) is 0 Å². The van der Waals surface area contributed by atoms with E-state index in [2.05, 4.69) is 10.6 Å². The van der Waals surface area contributed by atoms with E-state index >= 15 is 0 Å². The van der Waals surface area contributed by atoms with Crippen LogP contribution in [0.1, 0.15) is 12.5 Å². The summed E-state index contributed by atoms with van der Waals surface area (Å²) < 4.78 is 0. The second-order valence-corrected chi connectivity index (χ2v) is 3.72.